The van der Waals surface area contributed by atoms with E-state index in [0.717, 1.165) is 4.47 Å². The molecule has 0 aliphatic rings. The van der Waals surface area contributed by atoms with Crippen LogP contribution in [0.5, 0.6) is 0 Å². The van der Waals surface area contributed by atoms with Crippen molar-refractivity contribution in [2.75, 3.05) is 0 Å². The summed E-state index contributed by atoms with van der Waals surface area (Å²) in [6.45, 7) is 0.321. The van der Waals surface area contributed by atoms with Gasteiger partial charge in [-0.15, -0.1) is 0 Å². The molecule has 0 bridgehead atoms. The van der Waals surface area contributed by atoms with Gasteiger partial charge in [0.15, 0.2) is 5.22 Å². The van der Waals surface area contributed by atoms with Gasteiger partial charge in [0.2, 0.25) is 0 Å². The number of furan rings is 1. The molecule has 0 radical (unpaired) electrons. The van der Waals surface area contributed by atoms with Crippen LogP contribution in [0.25, 0.3) is 0 Å². The maximum atomic E-state index is 11.7. The van der Waals surface area contributed by atoms with Gasteiger partial charge in [-0.25, -0.2) is 0 Å². The molecule has 5 heteroatoms. The van der Waals surface area contributed by atoms with Gasteiger partial charge < -0.3 is 9.73 Å². The lowest BCUT2D eigenvalue weighted by Gasteiger charge is -2.03. The van der Waals surface area contributed by atoms with Crippen molar-refractivity contribution in [3.8, 4) is 0 Å². The van der Waals surface area contributed by atoms with E-state index in [1.54, 1.807) is 24.3 Å². The van der Waals surface area contributed by atoms with Gasteiger partial charge in [-0.2, -0.15) is 0 Å². The highest BCUT2D eigenvalue weighted by molar-refractivity contribution is 9.10. The lowest BCUT2D eigenvalue weighted by Crippen LogP contribution is -2.22. The number of carbonyl (C=O) groups excluding carboxylic acids is 1. The summed E-state index contributed by atoms with van der Waals surface area (Å²) >= 11 is 8.94. The molecule has 0 saturated carbocycles. The maximum Gasteiger partial charge on any atom is 0.251 e. The monoisotopic (exact) mass is 313 g/mol. The molecule has 1 amide bonds. The van der Waals surface area contributed by atoms with Crippen molar-refractivity contribution in [3.05, 3.63) is 57.4 Å². The molecule has 1 N–H and O–H groups in total. The minimum Gasteiger partial charge on any atom is -0.448 e. The summed E-state index contributed by atoms with van der Waals surface area (Å²) in [6.07, 6.45) is 0. The second-order valence-corrected chi connectivity index (χ2v) is 4.68. The molecule has 0 atom stereocenters. The highest BCUT2D eigenvalue weighted by Gasteiger charge is 2.06. The fourth-order valence-corrected chi connectivity index (χ4v) is 1.74. The number of rotatable bonds is 3. The largest absolute Gasteiger partial charge is 0.448 e. The van der Waals surface area contributed by atoms with Crippen molar-refractivity contribution in [2.24, 2.45) is 0 Å². The first kappa shape index (κ1) is 12.2. The molecule has 1 aromatic heterocycles. The van der Waals surface area contributed by atoms with Crippen LogP contribution in [-0.2, 0) is 6.54 Å². The summed E-state index contributed by atoms with van der Waals surface area (Å²) in [5.74, 6) is 0.477. The smallest absolute Gasteiger partial charge is 0.251 e. The van der Waals surface area contributed by atoms with Crippen LogP contribution in [0.2, 0.25) is 5.22 Å². The van der Waals surface area contributed by atoms with Crippen LogP contribution in [0, 0.1) is 0 Å². The number of benzene rings is 1. The first-order valence-corrected chi connectivity index (χ1v) is 6.10. The van der Waals surface area contributed by atoms with Crippen LogP contribution >= 0.6 is 27.5 Å². The lowest BCUT2D eigenvalue weighted by molar-refractivity contribution is 0.0948. The van der Waals surface area contributed by atoms with Crippen molar-refractivity contribution in [1.29, 1.82) is 0 Å². The molecular weight excluding hydrogens is 305 g/mol. The van der Waals surface area contributed by atoms with E-state index < -0.39 is 0 Å². The Morgan fingerprint density at radius 2 is 1.94 bits per heavy atom. The first-order chi connectivity index (χ1) is 8.15. The Labute approximate surface area is 112 Å². The molecule has 0 spiro atoms. The van der Waals surface area contributed by atoms with Gasteiger partial charge in [0.1, 0.15) is 5.76 Å². The average Bonchev–Trinajstić information content (AvgIpc) is 2.73. The van der Waals surface area contributed by atoms with Crippen LogP contribution in [0.3, 0.4) is 0 Å². The van der Waals surface area contributed by atoms with Crippen LogP contribution < -0.4 is 5.32 Å². The summed E-state index contributed by atoms with van der Waals surface area (Å²) in [7, 11) is 0. The molecule has 17 heavy (non-hydrogen) atoms. The van der Waals surface area contributed by atoms with Crippen LogP contribution in [0.15, 0.2) is 45.3 Å². The molecule has 0 saturated heterocycles. The zero-order chi connectivity index (χ0) is 12.3. The number of hydrogen-bond donors (Lipinski definition) is 1. The molecule has 1 aromatic carbocycles. The van der Waals surface area contributed by atoms with Crippen molar-refractivity contribution < 1.29 is 9.21 Å². The van der Waals surface area contributed by atoms with Gasteiger partial charge in [0.25, 0.3) is 5.91 Å². The molecule has 0 fully saturated rings. The Morgan fingerprint density at radius 3 is 2.53 bits per heavy atom. The molecule has 1 heterocycles. The van der Waals surface area contributed by atoms with Crippen molar-refractivity contribution in [3.63, 3.8) is 0 Å². The zero-order valence-corrected chi connectivity index (χ0v) is 11.1. The molecular formula is C12H9BrClNO2. The summed E-state index contributed by atoms with van der Waals surface area (Å²) in [5, 5.41) is 3.06. The fourth-order valence-electron chi connectivity index (χ4n) is 1.32. The summed E-state index contributed by atoms with van der Waals surface area (Å²) in [6, 6.07) is 10.5. The van der Waals surface area contributed by atoms with Crippen molar-refractivity contribution in [1.82, 2.24) is 5.32 Å². The Balaban J connectivity index is 1.95. The van der Waals surface area contributed by atoms with E-state index in [2.05, 4.69) is 21.2 Å². The highest BCUT2D eigenvalue weighted by Crippen LogP contribution is 2.13. The minimum atomic E-state index is -0.148. The van der Waals surface area contributed by atoms with E-state index in [-0.39, 0.29) is 5.91 Å². The molecule has 3 nitrogen and oxygen atoms in total. The number of hydrogen-bond acceptors (Lipinski definition) is 2. The second-order valence-electron chi connectivity index (χ2n) is 3.40. The second kappa shape index (κ2) is 5.38. The molecule has 0 aliphatic heterocycles. The van der Waals surface area contributed by atoms with E-state index in [9.17, 15) is 4.79 Å². The third-order valence-electron chi connectivity index (χ3n) is 2.16. The van der Waals surface area contributed by atoms with Crippen molar-refractivity contribution in [2.45, 2.75) is 6.54 Å². The number of nitrogens with one attached hydrogen (secondary N) is 1. The number of carbonyl (C=O) groups is 1. The summed E-state index contributed by atoms with van der Waals surface area (Å²) in [5.41, 5.74) is 0.603. The molecule has 2 aromatic rings. The SMILES string of the molecule is O=C(NCc1ccc(Cl)o1)c1ccc(Br)cc1. The molecule has 2 rings (SSSR count). The normalized spacial score (nSPS) is 10.2. The molecule has 0 unspecified atom stereocenters. The third-order valence-corrected chi connectivity index (χ3v) is 2.89. The first-order valence-electron chi connectivity index (χ1n) is 4.93. The minimum absolute atomic E-state index is 0.148. The van der Waals surface area contributed by atoms with Gasteiger partial charge in [-0.3, -0.25) is 4.79 Å². The van der Waals surface area contributed by atoms with E-state index >= 15 is 0 Å². The zero-order valence-electron chi connectivity index (χ0n) is 8.74. The predicted molar refractivity (Wildman–Crippen MR) is 69.0 cm³/mol. The summed E-state index contributed by atoms with van der Waals surface area (Å²) in [4.78, 5) is 11.7. The Kier molecular flexibility index (Phi) is 3.86. The Morgan fingerprint density at radius 1 is 1.24 bits per heavy atom. The van der Waals surface area contributed by atoms with E-state index in [1.807, 2.05) is 12.1 Å². The van der Waals surface area contributed by atoms with Gasteiger partial charge in [-0.1, -0.05) is 15.9 Å². The van der Waals surface area contributed by atoms with E-state index in [4.69, 9.17) is 16.0 Å². The van der Waals surface area contributed by atoms with Gasteiger partial charge >= 0.3 is 0 Å². The van der Waals surface area contributed by atoms with Gasteiger partial charge in [-0.05, 0) is 48.0 Å². The average molecular weight is 315 g/mol. The van der Waals surface area contributed by atoms with E-state index in [0.29, 0.717) is 23.1 Å². The number of halogens is 2. The summed E-state index contributed by atoms with van der Waals surface area (Å²) < 4.78 is 6.07. The Hall–Kier alpha value is -1.26. The predicted octanol–water partition coefficient (Wildman–Crippen LogP) is 3.63. The topological polar surface area (TPSA) is 42.2 Å². The fraction of sp³-hybridized carbons (Fsp3) is 0.0833. The van der Waals surface area contributed by atoms with Crippen LogP contribution in [0.4, 0.5) is 0 Å². The quantitative estimate of drug-likeness (QED) is 0.940. The lowest BCUT2D eigenvalue weighted by atomic mass is 10.2. The third kappa shape index (κ3) is 3.35. The maximum absolute atomic E-state index is 11.7. The number of amides is 1. The Bertz CT molecular complexity index is 522. The van der Waals surface area contributed by atoms with E-state index in [1.165, 1.54) is 0 Å². The van der Waals surface area contributed by atoms with Gasteiger partial charge in [0.05, 0.1) is 6.54 Å². The van der Waals surface area contributed by atoms with Crippen molar-refractivity contribution >= 4 is 33.4 Å². The standard InChI is InChI=1S/C12H9BrClNO2/c13-9-3-1-8(2-4-9)12(16)15-7-10-5-6-11(14)17-10/h1-6H,7H2,(H,15,16). The molecule has 0 aliphatic carbocycles. The highest BCUT2D eigenvalue weighted by atomic mass is 79.9. The van der Waals surface area contributed by atoms with Crippen LogP contribution in [0.1, 0.15) is 16.1 Å². The van der Waals surface area contributed by atoms with Gasteiger partial charge in [0, 0.05) is 10.0 Å². The van der Waals surface area contributed by atoms with Crippen LogP contribution in [-0.4, -0.2) is 5.91 Å². The molecule has 88 valence electrons.